The van der Waals surface area contributed by atoms with E-state index < -0.39 is 28.5 Å². The minimum atomic E-state index is -3.70. The first kappa shape index (κ1) is 23.4. The Morgan fingerprint density at radius 2 is 1.47 bits per heavy atom. The van der Waals surface area contributed by atoms with Gasteiger partial charge in [0.25, 0.3) is 0 Å². The molecule has 0 aliphatic rings. The molecule has 2 amide bonds. The van der Waals surface area contributed by atoms with Crippen molar-refractivity contribution in [2.24, 2.45) is 0 Å². The molecule has 1 N–H and O–H groups in total. The second-order valence-corrected chi connectivity index (χ2v) is 9.31. The number of carbonyl (C=O) groups is 2. The lowest BCUT2D eigenvalue weighted by Crippen LogP contribution is -2.50. The van der Waals surface area contributed by atoms with E-state index in [4.69, 9.17) is 0 Å². The average molecular weight is 432 g/mol. The van der Waals surface area contributed by atoms with Gasteiger partial charge in [-0.1, -0.05) is 47.5 Å². The Kier molecular flexibility index (Phi) is 7.61. The van der Waals surface area contributed by atoms with Crippen LogP contribution in [0, 0.1) is 13.8 Å². The normalized spacial score (nSPS) is 12.2. The number of nitrogens with zero attached hydrogens (tertiary/aromatic N) is 2. The van der Waals surface area contributed by atoms with Crippen molar-refractivity contribution in [3.63, 3.8) is 0 Å². The Hall–Kier alpha value is -2.87. The van der Waals surface area contributed by atoms with Crippen LogP contribution in [0.5, 0.6) is 0 Å². The summed E-state index contributed by atoms with van der Waals surface area (Å²) in [4.78, 5) is 26.9. The van der Waals surface area contributed by atoms with Gasteiger partial charge in [-0.25, -0.2) is 8.42 Å². The van der Waals surface area contributed by atoms with Crippen LogP contribution < -0.4 is 9.62 Å². The Bertz CT molecular complexity index is 986. The van der Waals surface area contributed by atoms with Gasteiger partial charge in [-0.15, -0.1) is 0 Å². The molecular weight excluding hydrogens is 402 g/mol. The Labute approximate surface area is 178 Å². The minimum absolute atomic E-state index is 0.194. The maximum atomic E-state index is 13.2. The molecule has 2 rings (SSSR count). The van der Waals surface area contributed by atoms with Crippen LogP contribution in [-0.2, 0) is 26.2 Å². The highest BCUT2D eigenvalue weighted by Crippen LogP contribution is 2.19. The molecule has 0 aromatic heterocycles. The van der Waals surface area contributed by atoms with Crippen LogP contribution in [0.25, 0.3) is 0 Å². The molecule has 7 nitrogen and oxygen atoms in total. The van der Waals surface area contributed by atoms with Crippen LogP contribution in [0.4, 0.5) is 5.69 Å². The average Bonchev–Trinajstić information content (AvgIpc) is 2.70. The van der Waals surface area contributed by atoms with E-state index in [1.165, 1.54) is 11.9 Å². The smallest absolute Gasteiger partial charge is 0.244 e. The molecule has 0 spiro atoms. The van der Waals surface area contributed by atoms with E-state index in [1.807, 2.05) is 38.1 Å². The number of amides is 2. The van der Waals surface area contributed by atoms with Crippen LogP contribution in [0.2, 0.25) is 0 Å². The summed E-state index contributed by atoms with van der Waals surface area (Å²) in [5, 5.41) is 2.55. The minimum Gasteiger partial charge on any atom is -0.357 e. The first-order valence-corrected chi connectivity index (χ1v) is 11.5. The van der Waals surface area contributed by atoms with E-state index in [2.05, 4.69) is 5.32 Å². The number of nitrogens with one attached hydrogen (secondary N) is 1. The molecule has 0 fully saturated rings. The van der Waals surface area contributed by atoms with Gasteiger partial charge in [0.1, 0.15) is 12.6 Å². The number of hydrogen-bond donors (Lipinski definition) is 1. The summed E-state index contributed by atoms with van der Waals surface area (Å²) in [5.74, 6) is -0.783. The van der Waals surface area contributed by atoms with Gasteiger partial charge in [0.15, 0.2) is 0 Å². The van der Waals surface area contributed by atoms with E-state index in [-0.39, 0.29) is 12.5 Å². The van der Waals surface area contributed by atoms with Gasteiger partial charge < -0.3 is 10.2 Å². The summed E-state index contributed by atoms with van der Waals surface area (Å²) >= 11 is 0. The number of aryl methyl sites for hydroxylation is 2. The molecule has 162 valence electrons. The quantitative estimate of drug-likeness (QED) is 0.694. The number of likely N-dealkylation sites (N-methyl/N-ethyl adjacent to an activating group) is 1. The molecule has 30 heavy (non-hydrogen) atoms. The molecule has 0 unspecified atom stereocenters. The van der Waals surface area contributed by atoms with Gasteiger partial charge in [-0.05, 0) is 38.5 Å². The van der Waals surface area contributed by atoms with Crippen molar-refractivity contribution in [1.82, 2.24) is 10.2 Å². The van der Waals surface area contributed by atoms with E-state index in [9.17, 15) is 18.0 Å². The highest BCUT2D eigenvalue weighted by Gasteiger charge is 2.29. The van der Waals surface area contributed by atoms with Gasteiger partial charge in [-0.3, -0.25) is 13.9 Å². The number of anilines is 1. The lowest BCUT2D eigenvalue weighted by molar-refractivity contribution is -0.139. The first-order chi connectivity index (χ1) is 14.0. The van der Waals surface area contributed by atoms with Gasteiger partial charge in [0.2, 0.25) is 21.8 Å². The Morgan fingerprint density at radius 3 is 1.93 bits per heavy atom. The number of benzene rings is 2. The zero-order valence-corrected chi connectivity index (χ0v) is 18.9. The molecule has 0 heterocycles. The third-order valence-corrected chi connectivity index (χ3v) is 6.03. The molecule has 8 heteroatoms. The molecule has 0 saturated heterocycles. The zero-order chi connectivity index (χ0) is 22.5. The van der Waals surface area contributed by atoms with E-state index in [0.29, 0.717) is 5.69 Å². The summed E-state index contributed by atoms with van der Waals surface area (Å²) in [7, 11) is -2.20. The van der Waals surface area contributed by atoms with Gasteiger partial charge in [0.05, 0.1) is 11.9 Å². The maximum Gasteiger partial charge on any atom is 0.244 e. The molecular formula is C22H29N3O4S. The van der Waals surface area contributed by atoms with Crippen molar-refractivity contribution in [3.05, 3.63) is 65.2 Å². The molecule has 0 bridgehead atoms. The fourth-order valence-corrected chi connectivity index (χ4v) is 3.86. The van der Waals surface area contributed by atoms with Crippen molar-refractivity contribution in [2.45, 2.75) is 33.4 Å². The van der Waals surface area contributed by atoms with Gasteiger partial charge in [0, 0.05) is 13.6 Å². The highest BCUT2D eigenvalue weighted by molar-refractivity contribution is 7.92. The predicted octanol–water partition coefficient (Wildman–Crippen LogP) is 2.23. The van der Waals surface area contributed by atoms with Crippen LogP contribution in [0.15, 0.2) is 48.5 Å². The summed E-state index contributed by atoms with van der Waals surface area (Å²) in [5.41, 5.74) is 3.32. The van der Waals surface area contributed by atoms with E-state index in [0.717, 1.165) is 27.3 Å². The zero-order valence-electron chi connectivity index (χ0n) is 18.0. The van der Waals surface area contributed by atoms with Crippen LogP contribution in [0.3, 0.4) is 0 Å². The standard InChI is InChI=1S/C22H29N3O4S/c1-16-6-10-19(11-7-16)14-24(18(3)22(27)23-4)21(26)15-25(30(5,28)29)20-12-8-17(2)9-13-20/h6-13,18H,14-15H2,1-5H3,(H,23,27)/t18-/m0/s1. The molecule has 0 radical (unpaired) electrons. The highest BCUT2D eigenvalue weighted by atomic mass is 32.2. The summed E-state index contributed by atoms with van der Waals surface area (Å²) in [6, 6.07) is 13.8. The van der Waals surface area contributed by atoms with Crippen molar-refractivity contribution < 1.29 is 18.0 Å². The largest absolute Gasteiger partial charge is 0.357 e. The third kappa shape index (κ3) is 6.06. The van der Waals surface area contributed by atoms with E-state index >= 15 is 0 Å². The molecule has 0 saturated carbocycles. The fourth-order valence-electron chi connectivity index (χ4n) is 3.01. The predicted molar refractivity (Wildman–Crippen MR) is 119 cm³/mol. The summed E-state index contributed by atoms with van der Waals surface area (Å²) in [6.07, 6.45) is 1.06. The van der Waals surface area contributed by atoms with Crippen molar-refractivity contribution >= 4 is 27.5 Å². The van der Waals surface area contributed by atoms with E-state index in [1.54, 1.807) is 31.2 Å². The topological polar surface area (TPSA) is 86.8 Å². The second kappa shape index (κ2) is 9.75. The van der Waals surface area contributed by atoms with Crippen molar-refractivity contribution in [3.8, 4) is 0 Å². The maximum absolute atomic E-state index is 13.2. The molecule has 2 aromatic rings. The number of sulfonamides is 1. The lowest BCUT2D eigenvalue weighted by Gasteiger charge is -2.31. The van der Waals surface area contributed by atoms with Crippen LogP contribution in [0.1, 0.15) is 23.6 Å². The monoisotopic (exact) mass is 431 g/mol. The number of rotatable bonds is 8. The summed E-state index contributed by atoms with van der Waals surface area (Å²) in [6.45, 7) is 5.29. The molecule has 2 aromatic carbocycles. The van der Waals surface area contributed by atoms with Gasteiger partial charge >= 0.3 is 0 Å². The van der Waals surface area contributed by atoms with Crippen molar-refractivity contribution in [2.75, 3.05) is 24.2 Å². The fraction of sp³-hybridized carbons (Fsp3) is 0.364. The first-order valence-electron chi connectivity index (χ1n) is 9.64. The molecule has 1 atom stereocenters. The lowest BCUT2D eigenvalue weighted by atomic mass is 10.1. The molecule has 0 aliphatic carbocycles. The van der Waals surface area contributed by atoms with Crippen LogP contribution >= 0.6 is 0 Å². The number of hydrogen-bond acceptors (Lipinski definition) is 4. The Balaban J connectivity index is 2.35. The van der Waals surface area contributed by atoms with Crippen LogP contribution in [-0.4, -0.2) is 51.0 Å². The number of carbonyl (C=O) groups excluding carboxylic acids is 2. The van der Waals surface area contributed by atoms with Crippen molar-refractivity contribution in [1.29, 1.82) is 0 Å². The Morgan fingerprint density at radius 1 is 0.967 bits per heavy atom. The molecule has 0 aliphatic heterocycles. The summed E-state index contributed by atoms with van der Waals surface area (Å²) < 4.78 is 25.9. The van der Waals surface area contributed by atoms with Gasteiger partial charge in [-0.2, -0.15) is 0 Å². The second-order valence-electron chi connectivity index (χ2n) is 7.40. The third-order valence-electron chi connectivity index (χ3n) is 4.89. The SMILES string of the molecule is CNC(=O)[C@H](C)N(Cc1ccc(C)cc1)C(=O)CN(c1ccc(C)cc1)S(C)(=O)=O.